The summed E-state index contributed by atoms with van der Waals surface area (Å²) in [6.07, 6.45) is 1.33. The van der Waals surface area contributed by atoms with Gasteiger partial charge in [0, 0.05) is 6.42 Å². The van der Waals surface area contributed by atoms with Crippen LogP contribution in [0.25, 0.3) is 0 Å². The predicted octanol–water partition coefficient (Wildman–Crippen LogP) is 1.95. The number of carbonyl (C=O) groups is 1. The van der Waals surface area contributed by atoms with Gasteiger partial charge in [0.25, 0.3) is 0 Å². The van der Waals surface area contributed by atoms with Gasteiger partial charge in [-0.15, -0.1) is 0 Å². The van der Waals surface area contributed by atoms with Gasteiger partial charge in [-0.2, -0.15) is 0 Å². The van der Waals surface area contributed by atoms with Gasteiger partial charge in [0.15, 0.2) is 0 Å². The molecule has 0 fully saturated rings. The van der Waals surface area contributed by atoms with Crippen LogP contribution in [0, 0.1) is 11.3 Å². The van der Waals surface area contributed by atoms with E-state index in [1.54, 1.807) is 0 Å². The molecular formula is C11H23NO2. The highest BCUT2D eigenvalue weighted by molar-refractivity contribution is 5.69. The van der Waals surface area contributed by atoms with E-state index in [2.05, 4.69) is 20.8 Å². The molecule has 0 aliphatic heterocycles. The molecular weight excluding hydrogens is 178 g/mol. The first-order valence-corrected chi connectivity index (χ1v) is 5.21. The Hall–Kier alpha value is -0.570. The molecule has 84 valence electrons. The Kier molecular flexibility index (Phi) is 5.77. The molecule has 14 heavy (non-hydrogen) atoms. The van der Waals surface area contributed by atoms with Crippen LogP contribution in [0.5, 0.6) is 0 Å². The maximum Gasteiger partial charge on any atom is 0.306 e. The zero-order valence-corrected chi connectivity index (χ0v) is 9.80. The molecule has 1 unspecified atom stereocenters. The predicted molar refractivity (Wildman–Crippen MR) is 57.9 cm³/mol. The second kappa shape index (κ2) is 6.02. The number of rotatable bonds is 5. The lowest BCUT2D eigenvalue weighted by atomic mass is 9.93. The molecule has 0 radical (unpaired) electrons. The van der Waals surface area contributed by atoms with E-state index in [-0.39, 0.29) is 17.3 Å². The van der Waals surface area contributed by atoms with E-state index in [0.717, 1.165) is 6.42 Å². The third-order valence-corrected chi connectivity index (χ3v) is 2.03. The Morgan fingerprint density at radius 2 is 2.00 bits per heavy atom. The summed E-state index contributed by atoms with van der Waals surface area (Å²) >= 11 is 0. The fourth-order valence-corrected chi connectivity index (χ4v) is 0.898. The largest absolute Gasteiger partial charge is 0.466 e. The fraction of sp³-hybridized carbons (Fsp3) is 0.909. The molecule has 0 aromatic heterocycles. The first-order chi connectivity index (χ1) is 6.35. The van der Waals surface area contributed by atoms with Crippen LogP contribution in [0.3, 0.4) is 0 Å². The van der Waals surface area contributed by atoms with Crippen molar-refractivity contribution in [2.24, 2.45) is 17.1 Å². The highest BCUT2D eigenvalue weighted by Gasteiger charge is 2.12. The molecule has 0 aliphatic carbocycles. The first-order valence-electron chi connectivity index (χ1n) is 5.21. The molecule has 0 saturated carbocycles. The smallest absolute Gasteiger partial charge is 0.306 e. The summed E-state index contributed by atoms with van der Waals surface area (Å²) in [4.78, 5) is 11.2. The van der Waals surface area contributed by atoms with E-state index in [4.69, 9.17) is 10.5 Å². The van der Waals surface area contributed by atoms with Crippen molar-refractivity contribution in [1.29, 1.82) is 0 Å². The molecule has 0 rings (SSSR count). The van der Waals surface area contributed by atoms with Gasteiger partial charge in [0.2, 0.25) is 0 Å². The molecule has 0 aliphatic rings. The van der Waals surface area contributed by atoms with Gasteiger partial charge in [0.1, 0.15) is 0 Å². The SMILES string of the molecule is CC(CN)CC(=O)OCCC(C)(C)C. The average Bonchev–Trinajstić information content (AvgIpc) is 2.01. The summed E-state index contributed by atoms with van der Waals surface area (Å²) in [5.74, 6) is 0.0873. The third-order valence-electron chi connectivity index (χ3n) is 2.03. The van der Waals surface area contributed by atoms with Crippen molar-refractivity contribution in [2.75, 3.05) is 13.2 Å². The van der Waals surface area contributed by atoms with Crippen LogP contribution in [0.1, 0.15) is 40.5 Å². The van der Waals surface area contributed by atoms with Crippen LogP contribution in [0.4, 0.5) is 0 Å². The zero-order valence-electron chi connectivity index (χ0n) is 9.80. The van der Waals surface area contributed by atoms with Gasteiger partial charge in [-0.05, 0) is 24.3 Å². The van der Waals surface area contributed by atoms with Gasteiger partial charge in [-0.25, -0.2) is 0 Å². The summed E-state index contributed by atoms with van der Waals surface area (Å²) in [5.41, 5.74) is 5.63. The Morgan fingerprint density at radius 1 is 1.43 bits per heavy atom. The minimum Gasteiger partial charge on any atom is -0.466 e. The van der Waals surface area contributed by atoms with Crippen molar-refractivity contribution < 1.29 is 9.53 Å². The molecule has 0 spiro atoms. The minimum absolute atomic E-state index is 0.132. The first kappa shape index (κ1) is 13.4. The highest BCUT2D eigenvalue weighted by atomic mass is 16.5. The number of esters is 1. The zero-order chi connectivity index (χ0) is 11.2. The van der Waals surface area contributed by atoms with E-state index >= 15 is 0 Å². The quantitative estimate of drug-likeness (QED) is 0.692. The molecule has 0 saturated heterocycles. The maximum absolute atomic E-state index is 11.2. The van der Waals surface area contributed by atoms with Gasteiger partial charge >= 0.3 is 5.97 Å². The van der Waals surface area contributed by atoms with Gasteiger partial charge in [0.05, 0.1) is 6.61 Å². The summed E-state index contributed by atoms with van der Waals surface area (Å²) < 4.78 is 5.10. The molecule has 2 N–H and O–H groups in total. The van der Waals surface area contributed by atoms with Crippen molar-refractivity contribution in [3.8, 4) is 0 Å². The molecule has 0 aromatic carbocycles. The monoisotopic (exact) mass is 201 g/mol. The molecule has 0 bridgehead atoms. The van der Waals surface area contributed by atoms with Gasteiger partial charge in [-0.1, -0.05) is 27.7 Å². The molecule has 1 atom stereocenters. The molecule has 0 aromatic rings. The maximum atomic E-state index is 11.2. The van der Waals surface area contributed by atoms with E-state index < -0.39 is 0 Å². The van der Waals surface area contributed by atoms with Crippen LogP contribution >= 0.6 is 0 Å². The van der Waals surface area contributed by atoms with Crippen molar-refractivity contribution in [3.05, 3.63) is 0 Å². The van der Waals surface area contributed by atoms with Gasteiger partial charge < -0.3 is 10.5 Å². The normalized spacial score (nSPS) is 13.8. The van der Waals surface area contributed by atoms with Crippen molar-refractivity contribution >= 4 is 5.97 Å². The Balaban J connectivity index is 3.55. The number of nitrogens with two attached hydrogens (primary N) is 1. The van der Waals surface area contributed by atoms with Crippen LogP contribution < -0.4 is 5.73 Å². The standard InChI is InChI=1S/C11H23NO2/c1-9(8-12)7-10(13)14-6-5-11(2,3)4/h9H,5-8,12H2,1-4H3. The molecule has 3 heteroatoms. The van der Waals surface area contributed by atoms with Crippen molar-refractivity contribution in [1.82, 2.24) is 0 Å². The summed E-state index contributed by atoms with van der Waals surface area (Å²) in [6.45, 7) is 9.38. The van der Waals surface area contributed by atoms with E-state index in [9.17, 15) is 4.79 Å². The molecule has 0 heterocycles. The lowest BCUT2D eigenvalue weighted by Gasteiger charge is -2.17. The van der Waals surface area contributed by atoms with Crippen molar-refractivity contribution in [3.63, 3.8) is 0 Å². The second-order valence-corrected chi connectivity index (χ2v) is 5.08. The molecule has 0 amide bonds. The topological polar surface area (TPSA) is 52.3 Å². The summed E-state index contributed by atoms with van der Waals surface area (Å²) in [5, 5.41) is 0. The van der Waals surface area contributed by atoms with E-state index in [1.165, 1.54) is 0 Å². The van der Waals surface area contributed by atoms with E-state index in [1.807, 2.05) is 6.92 Å². The summed E-state index contributed by atoms with van der Waals surface area (Å²) in [6, 6.07) is 0. The molecule has 3 nitrogen and oxygen atoms in total. The van der Waals surface area contributed by atoms with Crippen LogP contribution in [0.2, 0.25) is 0 Å². The van der Waals surface area contributed by atoms with E-state index in [0.29, 0.717) is 19.6 Å². The fourth-order valence-electron chi connectivity index (χ4n) is 0.898. The minimum atomic E-state index is -0.132. The highest BCUT2D eigenvalue weighted by Crippen LogP contribution is 2.18. The second-order valence-electron chi connectivity index (χ2n) is 5.08. The van der Waals surface area contributed by atoms with Crippen molar-refractivity contribution in [2.45, 2.75) is 40.5 Å². The number of hydrogen-bond donors (Lipinski definition) is 1. The van der Waals surface area contributed by atoms with Crippen LogP contribution in [-0.4, -0.2) is 19.1 Å². The van der Waals surface area contributed by atoms with Crippen LogP contribution in [-0.2, 0) is 9.53 Å². The Bertz CT molecular complexity index is 173. The van der Waals surface area contributed by atoms with Crippen LogP contribution in [0.15, 0.2) is 0 Å². The number of ether oxygens (including phenoxy) is 1. The lowest BCUT2D eigenvalue weighted by Crippen LogP contribution is -2.18. The number of hydrogen-bond acceptors (Lipinski definition) is 3. The Morgan fingerprint density at radius 3 is 2.43 bits per heavy atom. The summed E-state index contributed by atoms with van der Waals surface area (Å²) in [7, 11) is 0. The lowest BCUT2D eigenvalue weighted by molar-refractivity contribution is -0.145. The number of carbonyl (C=O) groups excluding carboxylic acids is 1. The third kappa shape index (κ3) is 8.05. The van der Waals surface area contributed by atoms with Gasteiger partial charge in [-0.3, -0.25) is 4.79 Å². The Labute approximate surface area is 87.0 Å². The average molecular weight is 201 g/mol.